The Kier molecular flexibility index (Phi) is 5.66. The molecule has 1 aromatic rings. The third kappa shape index (κ3) is 4.95. The lowest BCUT2D eigenvalue weighted by atomic mass is 9.87. The quantitative estimate of drug-likeness (QED) is 0.623. The highest BCUT2D eigenvalue weighted by Crippen LogP contribution is 2.24. The molecule has 7 heteroatoms. The van der Waals surface area contributed by atoms with Crippen molar-refractivity contribution in [3.63, 3.8) is 0 Å². The van der Waals surface area contributed by atoms with Crippen molar-refractivity contribution in [2.45, 2.75) is 26.2 Å². The Morgan fingerprint density at radius 2 is 1.84 bits per heavy atom. The fraction of sp³-hybridized carbons (Fsp3) is 0.500. The third-order valence-corrected chi connectivity index (χ3v) is 3.95. The van der Waals surface area contributed by atoms with Gasteiger partial charge in [-0.1, -0.05) is 32.9 Å². The summed E-state index contributed by atoms with van der Waals surface area (Å²) in [5.41, 5.74) is 1.31. The van der Waals surface area contributed by atoms with Gasteiger partial charge in [0, 0.05) is 7.05 Å². The first-order valence-electron chi connectivity index (χ1n) is 8.24. The van der Waals surface area contributed by atoms with Gasteiger partial charge < -0.3 is 15.0 Å². The largest absolute Gasteiger partial charge is 0.492 e. The standard InChI is InChI=1S/C18H25N3O4/c1-18(2,3)13-5-7-14(8-6-13)25-10-9-19-15(22)11-21-16(23)12-20(4)17(21)24/h5-8H,9-12H2,1-4H3,(H,19,22). The molecule has 1 N–H and O–H groups in total. The van der Waals surface area contributed by atoms with E-state index in [1.807, 2.05) is 24.3 Å². The molecule has 1 fully saturated rings. The number of imide groups is 1. The number of hydrogen-bond donors (Lipinski definition) is 1. The van der Waals surface area contributed by atoms with E-state index in [0.717, 1.165) is 10.6 Å². The van der Waals surface area contributed by atoms with Crippen LogP contribution in [0, 0.1) is 0 Å². The second-order valence-corrected chi connectivity index (χ2v) is 7.09. The normalized spacial score (nSPS) is 14.9. The Morgan fingerprint density at radius 1 is 1.20 bits per heavy atom. The van der Waals surface area contributed by atoms with E-state index in [0.29, 0.717) is 13.2 Å². The molecule has 1 heterocycles. The molecule has 0 atom stereocenters. The summed E-state index contributed by atoms with van der Waals surface area (Å²) < 4.78 is 5.58. The highest BCUT2D eigenvalue weighted by atomic mass is 16.5. The zero-order valence-corrected chi connectivity index (χ0v) is 15.2. The first kappa shape index (κ1) is 18.8. The van der Waals surface area contributed by atoms with Gasteiger partial charge >= 0.3 is 6.03 Å². The SMILES string of the molecule is CN1CC(=O)N(CC(=O)NCCOc2ccc(C(C)(C)C)cc2)C1=O. The molecule has 0 aromatic heterocycles. The van der Waals surface area contributed by atoms with E-state index in [-0.39, 0.29) is 30.3 Å². The first-order chi connectivity index (χ1) is 11.7. The Morgan fingerprint density at radius 3 is 2.36 bits per heavy atom. The second kappa shape index (κ2) is 7.55. The van der Waals surface area contributed by atoms with Gasteiger partial charge in [0.1, 0.15) is 25.4 Å². The minimum absolute atomic E-state index is 0.0137. The lowest BCUT2D eigenvalue weighted by Gasteiger charge is -2.19. The molecule has 0 saturated carbocycles. The molecule has 0 spiro atoms. The average Bonchev–Trinajstić information content (AvgIpc) is 2.77. The van der Waals surface area contributed by atoms with Gasteiger partial charge in [0.05, 0.1) is 6.54 Å². The van der Waals surface area contributed by atoms with Crippen molar-refractivity contribution < 1.29 is 19.1 Å². The smallest absolute Gasteiger partial charge is 0.327 e. The molecule has 1 aliphatic rings. The monoisotopic (exact) mass is 347 g/mol. The summed E-state index contributed by atoms with van der Waals surface area (Å²) >= 11 is 0. The summed E-state index contributed by atoms with van der Waals surface area (Å²) in [5, 5.41) is 2.64. The van der Waals surface area contributed by atoms with Crippen molar-refractivity contribution in [2.75, 3.05) is 33.3 Å². The summed E-state index contributed by atoms with van der Waals surface area (Å²) in [6.45, 7) is 6.79. The molecule has 0 bridgehead atoms. The molecule has 0 unspecified atom stereocenters. The van der Waals surface area contributed by atoms with Gasteiger partial charge in [-0.3, -0.25) is 14.5 Å². The van der Waals surface area contributed by atoms with Crippen LogP contribution < -0.4 is 10.1 Å². The number of hydrogen-bond acceptors (Lipinski definition) is 4. The van der Waals surface area contributed by atoms with E-state index in [1.54, 1.807) is 0 Å². The van der Waals surface area contributed by atoms with Crippen LogP contribution in [0.3, 0.4) is 0 Å². The molecular formula is C18H25N3O4. The maximum Gasteiger partial charge on any atom is 0.327 e. The number of carbonyl (C=O) groups excluding carboxylic acids is 3. The molecule has 0 aliphatic carbocycles. The predicted molar refractivity (Wildman–Crippen MR) is 93.4 cm³/mol. The topological polar surface area (TPSA) is 79.0 Å². The molecule has 136 valence electrons. The summed E-state index contributed by atoms with van der Waals surface area (Å²) in [5.74, 6) is -0.0182. The van der Waals surface area contributed by atoms with Crippen LogP contribution in [0.1, 0.15) is 26.3 Å². The van der Waals surface area contributed by atoms with Crippen LogP contribution in [0.5, 0.6) is 5.75 Å². The highest BCUT2D eigenvalue weighted by molar-refractivity contribution is 6.04. The zero-order chi connectivity index (χ0) is 18.6. The Labute approximate surface area is 147 Å². The molecule has 1 aromatic carbocycles. The highest BCUT2D eigenvalue weighted by Gasteiger charge is 2.34. The molecule has 1 saturated heterocycles. The minimum Gasteiger partial charge on any atom is -0.492 e. The lowest BCUT2D eigenvalue weighted by molar-refractivity contribution is -0.130. The Bertz CT molecular complexity index is 649. The molecule has 1 aliphatic heterocycles. The van der Waals surface area contributed by atoms with E-state index in [2.05, 4.69) is 26.1 Å². The van der Waals surface area contributed by atoms with E-state index < -0.39 is 6.03 Å². The van der Waals surface area contributed by atoms with Crippen LogP contribution in [0.25, 0.3) is 0 Å². The van der Waals surface area contributed by atoms with E-state index in [4.69, 9.17) is 4.74 Å². The fourth-order valence-corrected chi connectivity index (χ4v) is 2.43. The van der Waals surface area contributed by atoms with Gasteiger partial charge in [0.2, 0.25) is 5.91 Å². The Hall–Kier alpha value is -2.57. The number of benzene rings is 1. The number of amides is 4. The van der Waals surface area contributed by atoms with Gasteiger partial charge in [-0.15, -0.1) is 0 Å². The summed E-state index contributed by atoms with van der Waals surface area (Å²) in [6, 6.07) is 7.40. The number of rotatable bonds is 6. The van der Waals surface area contributed by atoms with Crippen LogP contribution in [-0.4, -0.2) is 60.9 Å². The number of likely N-dealkylation sites (N-methyl/N-ethyl adjacent to an activating group) is 1. The van der Waals surface area contributed by atoms with Crippen molar-refractivity contribution >= 4 is 17.8 Å². The summed E-state index contributed by atoms with van der Waals surface area (Å²) in [6.07, 6.45) is 0. The molecule has 25 heavy (non-hydrogen) atoms. The van der Waals surface area contributed by atoms with Gasteiger partial charge in [-0.05, 0) is 23.1 Å². The van der Waals surface area contributed by atoms with Crippen molar-refractivity contribution in [1.29, 1.82) is 0 Å². The number of ether oxygens (including phenoxy) is 1. The minimum atomic E-state index is -0.449. The van der Waals surface area contributed by atoms with Crippen molar-refractivity contribution in [3.05, 3.63) is 29.8 Å². The molecule has 4 amide bonds. The Balaban J connectivity index is 1.71. The first-order valence-corrected chi connectivity index (χ1v) is 8.24. The van der Waals surface area contributed by atoms with Crippen molar-refractivity contribution in [2.24, 2.45) is 0 Å². The number of carbonyl (C=O) groups is 3. The maximum absolute atomic E-state index is 11.8. The zero-order valence-electron chi connectivity index (χ0n) is 15.2. The van der Waals surface area contributed by atoms with Crippen molar-refractivity contribution in [1.82, 2.24) is 15.1 Å². The lowest BCUT2D eigenvalue weighted by Crippen LogP contribution is -2.42. The van der Waals surface area contributed by atoms with Crippen LogP contribution >= 0.6 is 0 Å². The van der Waals surface area contributed by atoms with Crippen LogP contribution in [0.15, 0.2) is 24.3 Å². The molecule has 7 nitrogen and oxygen atoms in total. The van der Waals surface area contributed by atoms with Gasteiger partial charge in [0.25, 0.3) is 5.91 Å². The van der Waals surface area contributed by atoms with E-state index >= 15 is 0 Å². The predicted octanol–water partition coefficient (Wildman–Crippen LogP) is 1.37. The van der Waals surface area contributed by atoms with E-state index in [9.17, 15) is 14.4 Å². The maximum atomic E-state index is 11.8. The van der Waals surface area contributed by atoms with Gasteiger partial charge in [-0.2, -0.15) is 0 Å². The molecule has 2 rings (SSSR count). The van der Waals surface area contributed by atoms with Crippen LogP contribution in [0.4, 0.5) is 4.79 Å². The third-order valence-electron chi connectivity index (χ3n) is 3.95. The molecule has 0 radical (unpaired) electrons. The van der Waals surface area contributed by atoms with Crippen LogP contribution in [0.2, 0.25) is 0 Å². The fourth-order valence-electron chi connectivity index (χ4n) is 2.43. The van der Waals surface area contributed by atoms with Crippen LogP contribution in [-0.2, 0) is 15.0 Å². The number of nitrogens with one attached hydrogen (secondary N) is 1. The number of urea groups is 1. The van der Waals surface area contributed by atoms with Gasteiger partial charge in [-0.25, -0.2) is 4.79 Å². The number of nitrogens with zero attached hydrogens (tertiary/aromatic N) is 2. The van der Waals surface area contributed by atoms with Gasteiger partial charge in [0.15, 0.2) is 0 Å². The second-order valence-electron chi connectivity index (χ2n) is 7.09. The summed E-state index contributed by atoms with van der Waals surface area (Å²) in [7, 11) is 1.52. The molecular weight excluding hydrogens is 322 g/mol. The van der Waals surface area contributed by atoms with E-state index in [1.165, 1.54) is 17.5 Å². The average molecular weight is 347 g/mol. The summed E-state index contributed by atoms with van der Waals surface area (Å²) in [4.78, 5) is 37.3. The van der Waals surface area contributed by atoms with Crippen molar-refractivity contribution in [3.8, 4) is 5.75 Å².